The summed E-state index contributed by atoms with van der Waals surface area (Å²) >= 11 is 0. The fourth-order valence-corrected chi connectivity index (χ4v) is 11.0. The van der Waals surface area contributed by atoms with E-state index >= 15 is 0 Å². The number of unbranched alkanes of at least 4 members (excludes halogenated alkanes) is 31. The Morgan fingerprint density at radius 1 is 0.410 bits per heavy atom. The first kappa shape index (κ1) is 71.1. The summed E-state index contributed by atoms with van der Waals surface area (Å²) in [5.74, 6) is -0.258. The molecule has 3 saturated heterocycles. The highest BCUT2D eigenvalue weighted by Gasteiger charge is 2.53. The van der Waals surface area contributed by atoms with E-state index in [1.165, 1.54) is 161 Å². The lowest BCUT2D eigenvalue weighted by Gasteiger charge is -2.48. The van der Waals surface area contributed by atoms with Crippen LogP contribution in [0.2, 0.25) is 0 Å². The predicted octanol–water partition coefficient (Wildman–Crippen LogP) is 5.99. The first-order chi connectivity index (χ1) is 37.8. The van der Waals surface area contributed by atoms with Gasteiger partial charge < -0.3 is 89.9 Å². The molecular formula is C59H113NO18. The zero-order valence-electron chi connectivity index (χ0n) is 48.2. The van der Waals surface area contributed by atoms with Gasteiger partial charge in [0, 0.05) is 6.42 Å². The summed E-state index contributed by atoms with van der Waals surface area (Å²) in [4.78, 5) is 13.0. The van der Waals surface area contributed by atoms with Crippen molar-refractivity contribution in [1.82, 2.24) is 5.32 Å². The van der Waals surface area contributed by atoms with E-state index in [0.29, 0.717) is 12.8 Å². The molecule has 3 aliphatic heterocycles. The fourth-order valence-electron chi connectivity index (χ4n) is 11.0. The van der Waals surface area contributed by atoms with Gasteiger partial charge in [-0.1, -0.05) is 219 Å². The van der Waals surface area contributed by atoms with Crippen LogP contribution < -0.4 is 5.32 Å². The fraction of sp³-hybridized carbons (Fsp3) is 0.983. The van der Waals surface area contributed by atoms with Crippen molar-refractivity contribution in [3.05, 3.63) is 0 Å². The van der Waals surface area contributed by atoms with Gasteiger partial charge in [0.25, 0.3) is 0 Å². The molecule has 0 aromatic rings. The van der Waals surface area contributed by atoms with Gasteiger partial charge in [0.15, 0.2) is 18.9 Å². The second-order valence-corrected chi connectivity index (χ2v) is 22.9. The molecule has 0 aliphatic carbocycles. The Morgan fingerprint density at radius 3 is 1.12 bits per heavy atom. The van der Waals surface area contributed by atoms with E-state index < -0.39 is 124 Å². The number of aliphatic hydroxyl groups is 11. The maximum Gasteiger partial charge on any atom is 0.220 e. The Kier molecular flexibility index (Phi) is 39.6. The molecule has 0 radical (unpaired) electrons. The summed E-state index contributed by atoms with van der Waals surface area (Å²) in [7, 11) is 0. The normalized spacial score (nSPS) is 30.4. The number of nitrogens with one attached hydrogen (secondary N) is 1. The molecule has 0 spiro atoms. The van der Waals surface area contributed by atoms with Gasteiger partial charge in [0.2, 0.25) is 5.91 Å². The molecule has 3 aliphatic rings. The first-order valence-electron chi connectivity index (χ1n) is 31.3. The number of hydrogen-bond acceptors (Lipinski definition) is 18. The molecule has 3 heterocycles. The zero-order chi connectivity index (χ0) is 56.9. The molecular weight excluding hydrogens is 1010 g/mol. The average molecular weight is 1120 g/mol. The molecule has 1 amide bonds. The van der Waals surface area contributed by atoms with Crippen molar-refractivity contribution in [2.45, 2.75) is 343 Å². The molecule has 0 aromatic carbocycles. The van der Waals surface area contributed by atoms with Crippen molar-refractivity contribution >= 4 is 5.91 Å². The molecule has 19 heteroatoms. The van der Waals surface area contributed by atoms with Crippen LogP contribution >= 0.6 is 0 Å². The first-order valence-corrected chi connectivity index (χ1v) is 31.3. The number of ether oxygens (including phenoxy) is 6. The van der Waals surface area contributed by atoms with Crippen molar-refractivity contribution in [1.29, 1.82) is 0 Å². The van der Waals surface area contributed by atoms with E-state index in [2.05, 4.69) is 19.2 Å². The van der Waals surface area contributed by atoms with Crippen molar-refractivity contribution in [3.63, 3.8) is 0 Å². The van der Waals surface area contributed by atoms with Crippen LogP contribution in [-0.2, 0) is 33.2 Å². The van der Waals surface area contributed by atoms with Crippen LogP contribution in [0.3, 0.4) is 0 Å². The number of carbonyl (C=O) groups excluding carboxylic acids is 1. The van der Waals surface area contributed by atoms with Gasteiger partial charge in [0.05, 0.1) is 38.6 Å². The molecule has 0 aromatic heterocycles. The summed E-state index contributed by atoms with van der Waals surface area (Å²) in [6.45, 7) is 1.67. The molecule has 0 saturated carbocycles. The molecule has 462 valence electrons. The van der Waals surface area contributed by atoms with Crippen LogP contribution in [-0.4, -0.2) is 193 Å². The number of aliphatic hydroxyl groups excluding tert-OH is 11. The topological polar surface area (TPSA) is 307 Å². The molecule has 17 atom stereocenters. The molecule has 12 N–H and O–H groups in total. The monoisotopic (exact) mass is 1120 g/mol. The lowest BCUT2D eigenvalue weighted by atomic mass is 9.96. The van der Waals surface area contributed by atoms with Crippen molar-refractivity contribution in [2.24, 2.45) is 0 Å². The van der Waals surface area contributed by atoms with Gasteiger partial charge in [0.1, 0.15) is 73.2 Å². The lowest BCUT2D eigenvalue weighted by molar-refractivity contribution is -0.379. The van der Waals surface area contributed by atoms with Crippen LogP contribution in [0.15, 0.2) is 0 Å². The largest absolute Gasteiger partial charge is 0.394 e. The van der Waals surface area contributed by atoms with Crippen molar-refractivity contribution in [2.75, 3.05) is 26.4 Å². The van der Waals surface area contributed by atoms with Gasteiger partial charge in [-0.2, -0.15) is 0 Å². The second kappa shape index (κ2) is 43.4. The molecule has 0 bridgehead atoms. The maximum atomic E-state index is 13.0. The highest BCUT2D eigenvalue weighted by molar-refractivity contribution is 5.76. The third-order valence-electron chi connectivity index (χ3n) is 16.2. The minimum absolute atomic E-state index is 0.258. The van der Waals surface area contributed by atoms with E-state index in [9.17, 15) is 61.0 Å². The van der Waals surface area contributed by atoms with Gasteiger partial charge in [-0.05, 0) is 12.8 Å². The van der Waals surface area contributed by atoms with Crippen LogP contribution in [0.5, 0.6) is 0 Å². The van der Waals surface area contributed by atoms with E-state index in [1.54, 1.807) is 0 Å². The summed E-state index contributed by atoms with van der Waals surface area (Å²) in [6.07, 6.45) is 16.0. The van der Waals surface area contributed by atoms with Crippen molar-refractivity contribution in [3.8, 4) is 0 Å². The SMILES string of the molecule is CCCCCCCCCCCCCCCCCCCCCCCCCCCCCCCC(O)C(COC1OC(CO)C(OC2OC(CO)C(OC3OC(CO)C(O)C(O)C3O)C(O)C2O)C(O)C1O)NC(=O)CCCCCC. The molecule has 78 heavy (non-hydrogen) atoms. The Hall–Kier alpha value is -1.21. The lowest BCUT2D eigenvalue weighted by Crippen LogP contribution is -2.66. The molecule has 3 rings (SSSR count). The molecule has 3 fully saturated rings. The summed E-state index contributed by atoms with van der Waals surface area (Å²) in [5.41, 5.74) is 0. The van der Waals surface area contributed by atoms with E-state index in [1.807, 2.05) is 0 Å². The zero-order valence-corrected chi connectivity index (χ0v) is 48.2. The number of carbonyl (C=O) groups is 1. The Balaban J connectivity index is 1.32. The quantitative estimate of drug-likeness (QED) is 0.0312. The Morgan fingerprint density at radius 2 is 0.731 bits per heavy atom. The highest BCUT2D eigenvalue weighted by Crippen LogP contribution is 2.33. The van der Waals surface area contributed by atoms with Crippen LogP contribution in [0.4, 0.5) is 0 Å². The van der Waals surface area contributed by atoms with Crippen molar-refractivity contribution < 1.29 is 89.4 Å². The number of rotatable bonds is 47. The minimum Gasteiger partial charge on any atom is -0.394 e. The molecule has 19 nitrogen and oxygen atoms in total. The smallest absolute Gasteiger partial charge is 0.220 e. The maximum absolute atomic E-state index is 13.0. The van der Waals surface area contributed by atoms with Gasteiger partial charge in [-0.25, -0.2) is 0 Å². The summed E-state index contributed by atoms with van der Waals surface area (Å²) in [6, 6.07) is -0.877. The summed E-state index contributed by atoms with van der Waals surface area (Å²) < 4.78 is 34.1. The van der Waals surface area contributed by atoms with Crippen LogP contribution in [0, 0.1) is 0 Å². The Bertz CT molecular complexity index is 1440. The highest BCUT2D eigenvalue weighted by atomic mass is 16.8. The predicted molar refractivity (Wildman–Crippen MR) is 296 cm³/mol. The average Bonchev–Trinajstić information content (AvgIpc) is 3.44. The van der Waals surface area contributed by atoms with Gasteiger partial charge in [-0.15, -0.1) is 0 Å². The third kappa shape index (κ3) is 27.0. The summed E-state index contributed by atoms with van der Waals surface area (Å²) in [5, 5.41) is 120. The minimum atomic E-state index is -1.97. The Labute approximate surface area is 468 Å². The van der Waals surface area contributed by atoms with Gasteiger partial charge in [-0.3, -0.25) is 4.79 Å². The standard InChI is InChI=1S/C59H113NO18/c1-3-5-7-9-10-11-12-13-14-15-16-17-18-19-20-21-22-23-24-25-26-27-28-29-30-31-32-33-34-36-43(64)42(60-47(65)37-35-8-6-4-2)41-73-57-53(71)50(68)55(45(39-62)75-57)78-59-54(72)51(69)56(46(40-63)76-59)77-58-52(70)49(67)48(66)44(38-61)74-58/h42-46,48-59,61-64,66-72H,3-41H2,1-2H3,(H,60,65). The number of hydrogen-bond donors (Lipinski definition) is 12. The van der Waals surface area contributed by atoms with Gasteiger partial charge >= 0.3 is 0 Å². The third-order valence-corrected chi connectivity index (χ3v) is 16.2. The van der Waals surface area contributed by atoms with Crippen LogP contribution in [0.1, 0.15) is 239 Å². The molecule has 17 unspecified atom stereocenters. The van der Waals surface area contributed by atoms with E-state index in [0.717, 1.165) is 44.9 Å². The number of amides is 1. The second-order valence-electron chi connectivity index (χ2n) is 22.9. The van der Waals surface area contributed by atoms with E-state index in [4.69, 9.17) is 28.4 Å². The van der Waals surface area contributed by atoms with E-state index in [-0.39, 0.29) is 18.9 Å². The van der Waals surface area contributed by atoms with Crippen LogP contribution in [0.25, 0.3) is 0 Å².